The first-order valence-corrected chi connectivity index (χ1v) is 12.6. The van der Waals surface area contributed by atoms with Gasteiger partial charge in [0.1, 0.15) is 6.10 Å². The van der Waals surface area contributed by atoms with Crippen molar-refractivity contribution in [3.8, 4) is 5.88 Å². The number of hydrogen-bond donors (Lipinski definition) is 0. The van der Waals surface area contributed by atoms with Gasteiger partial charge < -0.3 is 4.74 Å². The number of hydrogen-bond acceptors (Lipinski definition) is 6. The Balaban J connectivity index is 1.23. The van der Waals surface area contributed by atoms with E-state index in [9.17, 15) is 8.42 Å². The molecule has 30 heavy (non-hydrogen) atoms. The third-order valence-electron chi connectivity index (χ3n) is 6.24. The highest BCUT2D eigenvalue weighted by Crippen LogP contribution is 2.38. The SMILES string of the molecule is Cc1cc(S(=O)(=O)N2CCN3C[C@H](Oc4cnc(C5CC5)cn4)C[C@H]3C2)ccc1Br. The summed E-state index contributed by atoms with van der Waals surface area (Å²) >= 11 is 3.44. The molecule has 0 spiro atoms. The van der Waals surface area contributed by atoms with Gasteiger partial charge in [-0.25, -0.2) is 13.4 Å². The van der Waals surface area contributed by atoms with Crippen molar-refractivity contribution in [3.05, 3.63) is 46.3 Å². The highest BCUT2D eigenvalue weighted by Gasteiger charge is 2.41. The van der Waals surface area contributed by atoms with E-state index in [1.54, 1.807) is 28.7 Å². The monoisotopic (exact) mass is 492 g/mol. The zero-order valence-corrected chi connectivity index (χ0v) is 19.3. The van der Waals surface area contributed by atoms with E-state index in [0.717, 1.165) is 28.7 Å². The van der Waals surface area contributed by atoms with Crippen LogP contribution in [0.3, 0.4) is 0 Å². The van der Waals surface area contributed by atoms with Crippen molar-refractivity contribution < 1.29 is 13.2 Å². The minimum atomic E-state index is -3.50. The summed E-state index contributed by atoms with van der Waals surface area (Å²) < 4.78 is 34.9. The minimum absolute atomic E-state index is 0.00801. The summed E-state index contributed by atoms with van der Waals surface area (Å²) in [4.78, 5) is 11.6. The van der Waals surface area contributed by atoms with E-state index in [-0.39, 0.29) is 12.1 Å². The van der Waals surface area contributed by atoms with E-state index in [4.69, 9.17) is 4.74 Å². The van der Waals surface area contributed by atoms with E-state index in [1.165, 1.54) is 12.8 Å². The molecule has 3 aliphatic rings. The van der Waals surface area contributed by atoms with Crippen molar-refractivity contribution in [1.82, 2.24) is 19.2 Å². The molecule has 0 bridgehead atoms. The zero-order chi connectivity index (χ0) is 20.9. The molecule has 9 heteroatoms. The van der Waals surface area contributed by atoms with Gasteiger partial charge >= 0.3 is 0 Å². The number of piperazine rings is 1. The van der Waals surface area contributed by atoms with E-state index in [1.807, 2.05) is 13.1 Å². The van der Waals surface area contributed by atoms with Gasteiger partial charge in [0.05, 0.1) is 23.0 Å². The quantitative estimate of drug-likeness (QED) is 0.638. The van der Waals surface area contributed by atoms with Crippen LogP contribution < -0.4 is 4.74 Å². The van der Waals surface area contributed by atoms with Crippen molar-refractivity contribution >= 4 is 26.0 Å². The first-order valence-electron chi connectivity index (χ1n) is 10.4. The second-order valence-electron chi connectivity index (χ2n) is 8.45. The predicted molar refractivity (Wildman–Crippen MR) is 116 cm³/mol. The maximum Gasteiger partial charge on any atom is 0.243 e. The number of halogens is 1. The third-order valence-corrected chi connectivity index (χ3v) is 8.99. The van der Waals surface area contributed by atoms with Gasteiger partial charge in [0.25, 0.3) is 0 Å². The number of rotatable bonds is 5. The molecule has 3 fully saturated rings. The van der Waals surface area contributed by atoms with Gasteiger partial charge in [-0.1, -0.05) is 15.9 Å². The Morgan fingerprint density at radius 3 is 2.67 bits per heavy atom. The molecule has 160 valence electrons. The molecule has 1 aromatic carbocycles. The smallest absolute Gasteiger partial charge is 0.243 e. The highest BCUT2D eigenvalue weighted by molar-refractivity contribution is 9.10. The first-order chi connectivity index (χ1) is 14.4. The van der Waals surface area contributed by atoms with E-state index >= 15 is 0 Å². The summed E-state index contributed by atoms with van der Waals surface area (Å²) in [7, 11) is -3.50. The van der Waals surface area contributed by atoms with Crippen LogP contribution in [0, 0.1) is 6.92 Å². The van der Waals surface area contributed by atoms with Gasteiger partial charge in [-0.3, -0.25) is 9.88 Å². The third kappa shape index (κ3) is 4.00. The van der Waals surface area contributed by atoms with Crippen molar-refractivity contribution in [2.75, 3.05) is 26.2 Å². The van der Waals surface area contributed by atoms with Crippen LogP contribution in [0.25, 0.3) is 0 Å². The lowest BCUT2D eigenvalue weighted by atomic mass is 10.2. The van der Waals surface area contributed by atoms with Crippen LogP contribution in [-0.4, -0.2) is 65.9 Å². The summed E-state index contributed by atoms with van der Waals surface area (Å²) in [6.07, 6.45) is 6.74. The van der Waals surface area contributed by atoms with Gasteiger partial charge in [0.2, 0.25) is 15.9 Å². The Hall–Kier alpha value is -1.55. The summed E-state index contributed by atoms with van der Waals surface area (Å²) in [6.45, 7) is 4.40. The second-order valence-corrected chi connectivity index (χ2v) is 11.2. The van der Waals surface area contributed by atoms with Gasteiger partial charge in [-0.15, -0.1) is 0 Å². The molecular formula is C21H25BrN4O3S. The first kappa shape index (κ1) is 20.4. The molecule has 2 aliphatic heterocycles. The van der Waals surface area contributed by atoms with Crippen LogP contribution in [0.5, 0.6) is 5.88 Å². The zero-order valence-electron chi connectivity index (χ0n) is 16.9. The number of aryl methyl sites for hydroxylation is 1. The fraction of sp³-hybridized carbons (Fsp3) is 0.524. The molecule has 3 heterocycles. The number of benzene rings is 1. The van der Waals surface area contributed by atoms with Gasteiger partial charge in [-0.05, 0) is 43.5 Å². The molecule has 1 aromatic heterocycles. The summed E-state index contributed by atoms with van der Waals surface area (Å²) in [5.41, 5.74) is 1.97. The lowest BCUT2D eigenvalue weighted by Crippen LogP contribution is -2.51. The van der Waals surface area contributed by atoms with Crippen LogP contribution in [-0.2, 0) is 10.0 Å². The molecule has 7 nitrogen and oxygen atoms in total. The molecular weight excluding hydrogens is 468 g/mol. The summed E-state index contributed by atoms with van der Waals surface area (Å²) in [5.74, 6) is 1.13. The average molecular weight is 493 g/mol. The molecule has 5 rings (SSSR count). The number of aromatic nitrogens is 2. The molecule has 2 saturated heterocycles. The number of nitrogens with zero attached hydrogens (tertiary/aromatic N) is 4. The van der Waals surface area contributed by atoms with Crippen molar-refractivity contribution in [3.63, 3.8) is 0 Å². The molecule has 0 N–H and O–H groups in total. The topological polar surface area (TPSA) is 75.6 Å². The van der Waals surface area contributed by atoms with Crippen molar-refractivity contribution in [2.24, 2.45) is 0 Å². The van der Waals surface area contributed by atoms with Crippen LogP contribution >= 0.6 is 15.9 Å². The molecule has 0 radical (unpaired) electrons. The van der Waals surface area contributed by atoms with Gasteiger partial charge in [-0.2, -0.15) is 4.31 Å². The Morgan fingerprint density at radius 2 is 1.97 bits per heavy atom. The molecule has 1 saturated carbocycles. The molecule has 1 aliphatic carbocycles. The Kier molecular flexibility index (Phi) is 5.33. The lowest BCUT2D eigenvalue weighted by Gasteiger charge is -2.36. The Bertz CT molecular complexity index is 1040. The van der Waals surface area contributed by atoms with E-state index in [0.29, 0.717) is 36.3 Å². The van der Waals surface area contributed by atoms with Crippen LogP contribution in [0.2, 0.25) is 0 Å². The van der Waals surface area contributed by atoms with Crippen LogP contribution in [0.15, 0.2) is 40.0 Å². The minimum Gasteiger partial charge on any atom is -0.472 e. The maximum atomic E-state index is 13.1. The fourth-order valence-corrected chi connectivity index (χ4v) is 6.15. The van der Waals surface area contributed by atoms with Crippen LogP contribution in [0.1, 0.15) is 36.4 Å². The predicted octanol–water partition coefficient (Wildman–Crippen LogP) is 2.95. The van der Waals surface area contributed by atoms with E-state index < -0.39 is 10.0 Å². The maximum absolute atomic E-state index is 13.1. The lowest BCUT2D eigenvalue weighted by molar-refractivity contribution is 0.151. The number of sulfonamides is 1. The Labute approximate surface area is 185 Å². The molecule has 2 atom stereocenters. The fourth-order valence-electron chi connectivity index (χ4n) is 4.35. The van der Waals surface area contributed by atoms with Crippen LogP contribution in [0.4, 0.5) is 0 Å². The van der Waals surface area contributed by atoms with Crippen molar-refractivity contribution in [1.29, 1.82) is 0 Å². The average Bonchev–Trinajstić information content (AvgIpc) is 3.50. The number of fused-ring (bicyclic) bond motifs is 1. The largest absolute Gasteiger partial charge is 0.472 e. The Morgan fingerprint density at radius 1 is 1.13 bits per heavy atom. The molecule has 0 unspecified atom stereocenters. The molecule has 2 aromatic rings. The van der Waals surface area contributed by atoms with Gasteiger partial charge in [0, 0.05) is 49.0 Å². The van der Waals surface area contributed by atoms with Crippen molar-refractivity contribution in [2.45, 2.75) is 49.1 Å². The normalized spacial score (nSPS) is 25.3. The standard InChI is InChI=1S/C21H25BrN4O3S/c1-14-8-18(4-5-19(14)22)30(27,28)26-7-6-25-13-17(9-16(25)12-26)29-21-11-23-20(10-24-21)15-2-3-15/h4-5,8,10-11,15-17H,2-3,6-7,9,12-13H2,1H3/t16-,17+/m0/s1. The number of ether oxygens (including phenoxy) is 1. The van der Waals surface area contributed by atoms with Gasteiger partial charge in [0.15, 0.2) is 0 Å². The second kappa shape index (κ2) is 7.85. The summed E-state index contributed by atoms with van der Waals surface area (Å²) in [6, 6.07) is 5.36. The highest BCUT2D eigenvalue weighted by atomic mass is 79.9. The van der Waals surface area contributed by atoms with E-state index in [2.05, 4.69) is 30.8 Å². The summed E-state index contributed by atoms with van der Waals surface area (Å²) in [5, 5.41) is 0. The molecule has 0 amide bonds.